The van der Waals surface area contributed by atoms with E-state index in [1.807, 2.05) is 29.8 Å². The number of rotatable bonds is 5. The SMILES string of the molecule is Cc1ccc(-c2cc(-c3nnc(SCc4ncon4)n3C)c3ccccc3n2)cc1. The van der Waals surface area contributed by atoms with Gasteiger partial charge in [0.2, 0.25) is 6.39 Å². The average molecular weight is 414 g/mol. The Morgan fingerprint density at radius 3 is 2.67 bits per heavy atom. The summed E-state index contributed by atoms with van der Waals surface area (Å²) in [5.74, 6) is 1.98. The number of aryl methyl sites for hydroxylation is 1. The maximum absolute atomic E-state index is 4.88. The summed E-state index contributed by atoms with van der Waals surface area (Å²) in [6.07, 6.45) is 1.33. The minimum Gasteiger partial charge on any atom is -0.343 e. The second-order valence-electron chi connectivity index (χ2n) is 6.94. The summed E-state index contributed by atoms with van der Waals surface area (Å²) in [7, 11) is 1.97. The molecule has 0 spiro atoms. The number of thioether (sulfide) groups is 1. The molecule has 0 fully saturated rings. The number of pyridine rings is 1. The molecule has 3 heterocycles. The van der Waals surface area contributed by atoms with E-state index in [0.29, 0.717) is 11.6 Å². The Morgan fingerprint density at radius 2 is 1.87 bits per heavy atom. The molecule has 0 aliphatic rings. The van der Waals surface area contributed by atoms with E-state index in [1.54, 1.807) is 0 Å². The van der Waals surface area contributed by atoms with Crippen LogP contribution >= 0.6 is 11.8 Å². The van der Waals surface area contributed by atoms with E-state index in [2.05, 4.69) is 63.7 Å². The van der Waals surface area contributed by atoms with E-state index in [1.165, 1.54) is 23.7 Å². The summed E-state index contributed by atoms with van der Waals surface area (Å²) < 4.78 is 6.79. The van der Waals surface area contributed by atoms with E-state index in [0.717, 1.165) is 38.7 Å². The van der Waals surface area contributed by atoms with Crippen LogP contribution in [0.2, 0.25) is 0 Å². The Morgan fingerprint density at radius 1 is 1.03 bits per heavy atom. The molecule has 148 valence electrons. The van der Waals surface area contributed by atoms with Crippen molar-refractivity contribution < 1.29 is 4.52 Å². The fraction of sp³-hybridized carbons (Fsp3) is 0.136. The molecule has 2 aromatic carbocycles. The molecule has 0 aliphatic heterocycles. The van der Waals surface area contributed by atoms with Crippen LogP contribution in [0.5, 0.6) is 0 Å². The Labute approximate surface area is 177 Å². The first-order valence-corrected chi connectivity index (χ1v) is 10.4. The summed E-state index contributed by atoms with van der Waals surface area (Å²) >= 11 is 1.52. The lowest BCUT2D eigenvalue weighted by Gasteiger charge is -2.10. The highest BCUT2D eigenvalue weighted by molar-refractivity contribution is 7.98. The molecule has 5 aromatic rings. The molecule has 5 rings (SSSR count). The molecule has 0 bridgehead atoms. The van der Waals surface area contributed by atoms with Crippen LogP contribution in [0.1, 0.15) is 11.4 Å². The number of para-hydroxylation sites is 1. The molecule has 30 heavy (non-hydrogen) atoms. The molecule has 0 aliphatic carbocycles. The molecule has 0 saturated carbocycles. The summed E-state index contributed by atoms with van der Waals surface area (Å²) in [6, 6.07) is 18.6. The average Bonchev–Trinajstić information content (AvgIpc) is 3.42. The van der Waals surface area contributed by atoms with Crippen LogP contribution in [0, 0.1) is 6.92 Å². The largest absolute Gasteiger partial charge is 0.343 e. The minimum absolute atomic E-state index is 0.564. The molecule has 0 saturated heterocycles. The van der Waals surface area contributed by atoms with E-state index >= 15 is 0 Å². The zero-order valence-corrected chi connectivity index (χ0v) is 17.3. The number of benzene rings is 2. The van der Waals surface area contributed by atoms with Gasteiger partial charge >= 0.3 is 0 Å². The highest BCUT2D eigenvalue weighted by Crippen LogP contribution is 2.32. The summed E-state index contributed by atoms with van der Waals surface area (Å²) in [4.78, 5) is 8.93. The van der Waals surface area contributed by atoms with Crippen molar-refractivity contribution in [1.29, 1.82) is 0 Å². The van der Waals surface area contributed by atoms with Gasteiger partial charge in [-0.2, -0.15) is 4.98 Å². The van der Waals surface area contributed by atoms with Gasteiger partial charge in [-0.1, -0.05) is 64.9 Å². The highest BCUT2D eigenvalue weighted by atomic mass is 32.2. The molecule has 3 aromatic heterocycles. The summed E-state index contributed by atoms with van der Waals surface area (Å²) in [5.41, 5.74) is 5.12. The summed E-state index contributed by atoms with van der Waals surface area (Å²) in [6.45, 7) is 2.08. The molecule has 0 radical (unpaired) electrons. The predicted octanol–water partition coefficient (Wildman–Crippen LogP) is 4.68. The molecule has 8 heteroatoms. The zero-order valence-electron chi connectivity index (χ0n) is 16.5. The van der Waals surface area contributed by atoms with Crippen LogP contribution in [-0.4, -0.2) is 29.9 Å². The van der Waals surface area contributed by atoms with Gasteiger partial charge in [0.25, 0.3) is 0 Å². The number of aromatic nitrogens is 6. The molecule has 0 atom stereocenters. The highest BCUT2D eigenvalue weighted by Gasteiger charge is 2.17. The number of hydrogen-bond acceptors (Lipinski definition) is 7. The third-order valence-corrected chi connectivity index (χ3v) is 5.89. The molecule has 0 unspecified atom stereocenters. The molecular weight excluding hydrogens is 396 g/mol. The first-order chi connectivity index (χ1) is 14.7. The lowest BCUT2D eigenvalue weighted by atomic mass is 10.0. The van der Waals surface area contributed by atoms with Crippen molar-refractivity contribution in [3.63, 3.8) is 0 Å². The van der Waals surface area contributed by atoms with Crippen molar-refractivity contribution in [2.75, 3.05) is 0 Å². The Balaban J connectivity index is 1.59. The first-order valence-electron chi connectivity index (χ1n) is 9.43. The number of nitrogens with zero attached hydrogens (tertiary/aromatic N) is 6. The van der Waals surface area contributed by atoms with Gasteiger partial charge < -0.3 is 9.09 Å². The normalized spacial score (nSPS) is 11.3. The summed E-state index contributed by atoms with van der Waals surface area (Å²) in [5, 5.41) is 14.5. The Bertz CT molecular complexity index is 1310. The topological polar surface area (TPSA) is 82.5 Å². The maximum Gasteiger partial charge on any atom is 0.213 e. The quantitative estimate of drug-likeness (QED) is 0.386. The van der Waals surface area contributed by atoms with E-state index in [9.17, 15) is 0 Å². The van der Waals surface area contributed by atoms with Gasteiger partial charge in [0.15, 0.2) is 16.8 Å². The van der Waals surface area contributed by atoms with Crippen LogP contribution in [0.15, 0.2) is 70.7 Å². The maximum atomic E-state index is 4.88. The van der Waals surface area contributed by atoms with Crippen LogP contribution in [0.25, 0.3) is 33.5 Å². The second kappa shape index (κ2) is 7.72. The van der Waals surface area contributed by atoms with Gasteiger partial charge in [0.05, 0.1) is 17.0 Å². The van der Waals surface area contributed by atoms with Crippen molar-refractivity contribution in [3.05, 3.63) is 72.4 Å². The first kappa shape index (κ1) is 18.5. The predicted molar refractivity (Wildman–Crippen MR) is 116 cm³/mol. The minimum atomic E-state index is 0.564. The second-order valence-corrected chi connectivity index (χ2v) is 7.88. The van der Waals surface area contributed by atoms with Gasteiger partial charge in [0.1, 0.15) is 0 Å². The standard InChI is InChI=1S/C22H18N6OS/c1-14-7-9-15(10-8-14)19-11-17(16-5-3-4-6-18(16)24-19)21-25-26-22(28(21)2)30-12-20-23-13-29-27-20/h3-11,13H,12H2,1-2H3. The van der Waals surface area contributed by atoms with E-state index in [-0.39, 0.29) is 0 Å². The Kier molecular flexibility index (Phi) is 4.76. The van der Waals surface area contributed by atoms with Crippen LogP contribution in [-0.2, 0) is 12.8 Å². The van der Waals surface area contributed by atoms with E-state index < -0.39 is 0 Å². The third-order valence-electron chi connectivity index (χ3n) is 4.88. The van der Waals surface area contributed by atoms with Gasteiger partial charge in [-0.15, -0.1) is 10.2 Å². The molecule has 7 nitrogen and oxygen atoms in total. The smallest absolute Gasteiger partial charge is 0.213 e. The monoisotopic (exact) mass is 414 g/mol. The van der Waals surface area contributed by atoms with Gasteiger partial charge in [-0.25, -0.2) is 4.98 Å². The van der Waals surface area contributed by atoms with Crippen LogP contribution in [0.4, 0.5) is 0 Å². The zero-order chi connectivity index (χ0) is 20.5. The Hall–Kier alpha value is -3.52. The number of fused-ring (bicyclic) bond motifs is 1. The van der Waals surface area contributed by atoms with Gasteiger partial charge in [0, 0.05) is 23.6 Å². The molecular formula is C22H18N6OS. The molecule has 0 N–H and O–H groups in total. The van der Waals surface area contributed by atoms with Crippen molar-refractivity contribution in [2.24, 2.45) is 7.05 Å². The van der Waals surface area contributed by atoms with Crippen LogP contribution in [0.3, 0.4) is 0 Å². The fourth-order valence-corrected chi connectivity index (χ4v) is 4.06. The van der Waals surface area contributed by atoms with E-state index in [4.69, 9.17) is 9.51 Å². The van der Waals surface area contributed by atoms with Gasteiger partial charge in [-0.3, -0.25) is 0 Å². The number of hydrogen-bond donors (Lipinski definition) is 0. The molecule has 0 amide bonds. The van der Waals surface area contributed by atoms with Crippen LogP contribution < -0.4 is 0 Å². The van der Waals surface area contributed by atoms with Gasteiger partial charge in [-0.05, 0) is 19.1 Å². The van der Waals surface area contributed by atoms with Crippen molar-refractivity contribution in [1.82, 2.24) is 29.9 Å². The van der Waals surface area contributed by atoms with Crippen molar-refractivity contribution >= 4 is 22.7 Å². The third kappa shape index (κ3) is 3.46. The lowest BCUT2D eigenvalue weighted by Crippen LogP contribution is -1.98. The van der Waals surface area contributed by atoms with Crippen molar-refractivity contribution in [3.8, 4) is 22.6 Å². The fourth-order valence-electron chi connectivity index (χ4n) is 3.29. The van der Waals surface area contributed by atoms with Crippen molar-refractivity contribution in [2.45, 2.75) is 17.8 Å². The lowest BCUT2D eigenvalue weighted by molar-refractivity contribution is 0.412.